The number of ether oxygens (including phenoxy) is 3. The molecule has 1 aliphatic rings. The average molecular weight is 189 g/mol. The van der Waals surface area contributed by atoms with Gasteiger partial charge in [0.1, 0.15) is 0 Å². The van der Waals surface area contributed by atoms with Gasteiger partial charge in [0.25, 0.3) is 0 Å². The van der Waals surface area contributed by atoms with Crippen LogP contribution in [0.5, 0.6) is 0 Å². The lowest BCUT2D eigenvalue weighted by Crippen LogP contribution is -2.35. The Labute approximate surface area is 77.3 Å². The van der Waals surface area contributed by atoms with Gasteiger partial charge in [-0.2, -0.15) is 0 Å². The Morgan fingerprint density at radius 3 is 2.77 bits per heavy atom. The Hall–Kier alpha value is -0.810. The normalized spacial score (nSPS) is 19.8. The zero-order valence-electron chi connectivity index (χ0n) is 7.91. The van der Waals surface area contributed by atoms with Crippen LogP contribution in [0, 0.1) is 0 Å². The van der Waals surface area contributed by atoms with Crippen molar-refractivity contribution in [3.63, 3.8) is 0 Å². The highest BCUT2D eigenvalue weighted by molar-refractivity contribution is 5.67. The first-order valence-electron chi connectivity index (χ1n) is 4.30. The number of alkyl carbamates (subject to hydrolysis) is 1. The summed E-state index contributed by atoms with van der Waals surface area (Å²) in [6, 6.07) is -0.00412. The Morgan fingerprint density at radius 2 is 2.23 bits per heavy atom. The highest BCUT2D eigenvalue weighted by Crippen LogP contribution is 2.09. The second kappa shape index (κ2) is 5.04. The first-order valence-corrected chi connectivity index (χ1v) is 4.30. The lowest BCUT2D eigenvalue weighted by Gasteiger charge is -2.16. The molecule has 0 radical (unpaired) electrons. The van der Waals surface area contributed by atoms with Crippen LogP contribution in [0.2, 0.25) is 0 Å². The molecular weight excluding hydrogens is 174 g/mol. The van der Waals surface area contributed by atoms with Crippen molar-refractivity contribution in [3.8, 4) is 0 Å². The molecule has 1 N–H and O–H groups in total. The lowest BCUT2D eigenvalue weighted by atomic mass is 10.2. The molecule has 0 saturated carbocycles. The van der Waals surface area contributed by atoms with E-state index in [-0.39, 0.29) is 12.3 Å². The zero-order chi connectivity index (χ0) is 9.68. The SMILES string of the molecule is COC(=O)N[C@H](C)CC1OCCO1. The second-order valence-corrected chi connectivity index (χ2v) is 2.94. The van der Waals surface area contributed by atoms with E-state index in [2.05, 4.69) is 10.1 Å². The summed E-state index contributed by atoms with van der Waals surface area (Å²) in [5.41, 5.74) is 0. The molecule has 1 atom stereocenters. The van der Waals surface area contributed by atoms with Crippen molar-refractivity contribution in [2.24, 2.45) is 0 Å². The number of hydrogen-bond acceptors (Lipinski definition) is 4. The summed E-state index contributed by atoms with van der Waals surface area (Å²) in [6.45, 7) is 3.15. The predicted octanol–water partition coefficient (Wildman–Crippen LogP) is 0.494. The maximum atomic E-state index is 10.8. The van der Waals surface area contributed by atoms with E-state index in [4.69, 9.17) is 9.47 Å². The van der Waals surface area contributed by atoms with Gasteiger partial charge in [-0.1, -0.05) is 0 Å². The molecule has 1 rings (SSSR count). The molecule has 1 heterocycles. The van der Waals surface area contributed by atoms with Crippen molar-refractivity contribution in [1.29, 1.82) is 0 Å². The van der Waals surface area contributed by atoms with E-state index < -0.39 is 6.09 Å². The maximum Gasteiger partial charge on any atom is 0.407 e. The molecular formula is C8H15NO4. The van der Waals surface area contributed by atoms with Crippen molar-refractivity contribution in [3.05, 3.63) is 0 Å². The lowest BCUT2D eigenvalue weighted by molar-refractivity contribution is -0.0512. The van der Waals surface area contributed by atoms with E-state index in [9.17, 15) is 4.79 Å². The summed E-state index contributed by atoms with van der Waals surface area (Å²) in [6.07, 6.45) is 0.0346. The third-order valence-corrected chi connectivity index (χ3v) is 1.79. The van der Waals surface area contributed by atoms with Crippen LogP contribution >= 0.6 is 0 Å². The summed E-state index contributed by atoms with van der Waals surface area (Å²) < 4.78 is 14.9. The molecule has 1 fully saturated rings. The van der Waals surface area contributed by atoms with E-state index in [1.54, 1.807) is 0 Å². The number of carbonyl (C=O) groups excluding carboxylic acids is 1. The van der Waals surface area contributed by atoms with E-state index in [1.807, 2.05) is 6.92 Å². The van der Waals surface area contributed by atoms with Crippen molar-refractivity contribution >= 4 is 6.09 Å². The third-order valence-electron chi connectivity index (χ3n) is 1.79. The summed E-state index contributed by atoms with van der Waals surface area (Å²) >= 11 is 0. The smallest absolute Gasteiger partial charge is 0.407 e. The topological polar surface area (TPSA) is 56.8 Å². The predicted molar refractivity (Wildman–Crippen MR) is 45.3 cm³/mol. The molecule has 5 nitrogen and oxygen atoms in total. The van der Waals surface area contributed by atoms with Gasteiger partial charge in [-0.05, 0) is 6.92 Å². The Morgan fingerprint density at radius 1 is 1.62 bits per heavy atom. The first kappa shape index (κ1) is 10.3. The number of carbonyl (C=O) groups is 1. The minimum Gasteiger partial charge on any atom is -0.453 e. The molecule has 13 heavy (non-hydrogen) atoms. The maximum absolute atomic E-state index is 10.8. The number of rotatable bonds is 3. The van der Waals surface area contributed by atoms with Crippen molar-refractivity contribution in [1.82, 2.24) is 5.32 Å². The van der Waals surface area contributed by atoms with Crippen LogP contribution in [0.4, 0.5) is 4.79 Å². The molecule has 1 saturated heterocycles. The van der Waals surface area contributed by atoms with Crippen LogP contribution in [0.1, 0.15) is 13.3 Å². The molecule has 76 valence electrons. The minimum atomic E-state index is -0.425. The van der Waals surface area contributed by atoms with Gasteiger partial charge in [0.05, 0.1) is 20.3 Å². The summed E-state index contributed by atoms with van der Waals surface area (Å²) in [5.74, 6) is 0. The molecule has 0 unspecified atom stereocenters. The van der Waals surface area contributed by atoms with Crippen LogP contribution in [0.3, 0.4) is 0 Å². The van der Waals surface area contributed by atoms with Crippen molar-refractivity contribution in [2.45, 2.75) is 25.7 Å². The molecule has 0 aromatic heterocycles. The average Bonchev–Trinajstić information content (AvgIpc) is 2.56. The fourth-order valence-corrected chi connectivity index (χ4v) is 1.15. The van der Waals surface area contributed by atoms with Crippen molar-refractivity contribution < 1.29 is 19.0 Å². The fourth-order valence-electron chi connectivity index (χ4n) is 1.15. The fraction of sp³-hybridized carbons (Fsp3) is 0.875. The van der Waals surface area contributed by atoms with Gasteiger partial charge in [0, 0.05) is 12.5 Å². The molecule has 0 aliphatic carbocycles. The summed E-state index contributed by atoms with van der Waals surface area (Å²) in [7, 11) is 1.34. The van der Waals surface area contributed by atoms with E-state index >= 15 is 0 Å². The second-order valence-electron chi connectivity index (χ2n) is 2.94. The quantitative estimate of drug-likeness (QED) is 0.702. The van der Waals surface area contributed by atoms with Gasteiger partial charge in [-0.25, -0.2) is 4.79 Å². The Kier molecular flexibility index (Phi) is 3.98. The van der Waals surface area contributed by atoms with E-state index in [0.29, 0.717) is 19.6 Å². The van der Waals surface area contributed by atoms with E-state index in [1.165, 1.54) is 7.11 Å². The van der Waals surface area contributed by atoms with Crippen LogP contribution in [-0.2, 0) is 14.2 Å². The monoisotopic (exact) mass is 189 g/mol. The third kappa shape index (κ3) is 3.61. The highest BCUT2D eigenvalue weighted by atomic mass is 16.7. The molecule has 0 aromatic carbocycles. The number of methoxy groups -OCH3 is 1. The number of hydrogen-bond donors (Lipinski definition) is 1. The van der Waals surface area contributed by atoms with Gasteiger partial charge >= 0.3 is 6.09 Å². The van der Waals surface area contributed by atoms with Crippen LogP contribution in [0.15, 0.2) is 0 Å². The van der Waals surface area contributed by atoms with Gasteiger partial charge in [-0.15, -0.1) is 0 Å². The summed E-state index contributed by atoms with van der Waals surface area (Å²) in [5, 5.41) is 2.64. The van der Waals surface area contributed by atoms with Gasteiger partial charge in [0.2, 0.25) is 0 Å². The molecule has 0 bridgehead atoms. The molecule has 1 amide bonds. The summed E-state index contributed by atoms with van der Waals surface area (Å²) in [4.78, 5) is 10.8. The van der Waals surface area contributed by atoms with Crippen LogP contribution in [-0.4, -0.2) is 38.7 Å². The molecule has 5 heteroatoms. The van der Waals surface area contributed by atoms with Crippen molar-refractivity contribution in [2.75, 3.05) is 20.3 Å². The van der Waals surface area contributed by atoms with E-state index in [0.717, 1.165) is 0 Å². The molecule has 0 aromatic rings. The minimum absolute atomic E-state index is 0.00412. The van der Waals surface area contributed by atoms with Gasteiger partial charge in [0.15, 0.2) is 6.29 Å². The number of nitrogens with one attached hydrogen (secondary N) is 1. The number of amides is 1. The molecule has 1 aliphatic heterocycles. The standard InChI is InChI=1S/C8H15NO4/c1-6(9-8(10)11-2)5-7-12-3-4-13-7/h6-7H,3-5H2,1-2H3,(H,9,10)/t6-/m1/s1. The Balaban J connectivity index is 2.16. The highest BCUT2D eigenvalue weighted by Gasteiger charge is 2.19. The zero-order valence-corrected chi connectivity index (χ0v) is 7.91. The largest absolute Gasteiger partial charge is 0.453 e. The van der Waals surface area contributed by atoms with Crippen LogP contribution in [0.25, 0.3) is 0 Å². The van der Waals surface area contributed by atoms with Crippen LogP contribution < -0.4 is 5.32 Å². The first-order chi connectivity index (χ1) is 6.22. The van der Waals surface area contributed by atoms with Gasteiger partial charge in [-0.3, -0.25) is 0 Å². The molecule has 0 spiro atoms. The van der Waals surface area contributed by atoms with Gasteiger partial charge < -0.3 is 19.5 Å². The Bertz CT molecular complexity index is 168.